The van der Waals surface area contributed by atoms with Gasteiger partial charge in [0, 0.05) is 12.6 Å². The number of aryl methyl sites for hydroxylation is 1. The lowest BCUT2D eigenvalue weighted by atomic mass is 10.0. The van der Waals surface area contributed by atoms with Crippen LogP contribution in [0.3, 0.4) is 0 Å². The first-order valence-corrected chi connectivity index (χ1v) is 7.30. The van der Waals surface area contributed by atoms with Gasteiger partial charge in [-0.3, -0.25) is 0 Å². The normalized spacial score (nSPS) is 12.6. The first-order chi connectivity index (χ1) is 10.0. The minimum atomic E-state index is -0.183. The van der Waals surface area contributed by atoms with E-state index in [4.69, 9.17) is 5.73 Å². The van der Waals surface area contributed by atoms with Crippen molar-refractivity contribution in [3.05, 3.63) is 71.0 Å². The highest BCUT2D eigenvalue weighted by atomic mass is 19.1. The van der Waals surface area contributed by atoms with Crippen LogP contribution in [0, 0.1) is 12.7 Å². The van der Waals surface area contributed by atoms with Crippen LogP contribution in [0.1, 0.15) is 29.2 Å². The van der Waals surface area contributed by atoms with Gasteiger partial charge in [-0.05, 0) is 50.2 Å². The van der Waals surface area contributed by atoms with E-state index in [-0.39, 0.29) is 11.9 Å². The van der Waals surface area contributed by atoms with E-state index in [2.05, 4.69) is 36.1 Å². The van der Waals surface area contributed by atoms with Crippen molar-refractivity contribution in [2.24, 2.45) is 5.73 Å². The summed E-state index contributed by atoms with van der Waals surface area (Å²) in [7, 11) is 2.03. The Bertz CT molecular complexity index is 566. The van der Waals surface area contributed by atoms with Crippen LogP contribution in [0.2, 0.25) is 0 Å². The van der Waals surface area contributed by atoms with Gasteiger partial charge in [0.15, 0.2) is 0 Å². The van der Waals surface area contributed by atoms with E-state index in [1.54, 1.807) is 12.1 Å². The minimum Gasteiger partial charge on any atom is -0.324 e. The van der Waals surface area contributed by atoms with Gasteiger partial charge in [-0.25, -0.2) is 4.39 Å². The molecular weight excluding hydrogens is 263 g/mol. The average molecular weight is 286 g/mol. The van der Waals surface area contributed by atoms with Gasteiger partial charge in [0.1, 0.15) is 5.82 Å². The summed E-state index contributed by atoms with van der Waals surface area (Å²) in [5.41, 5.74) is 9.62. The quantitative estimate of drug-likeness (QED) is 0.878. The second-order valence-corrected chi connectivity index (χ2v) is 5.67. The van der Waals surface area contributed by atoms with Gasteiger partial charge in [-0.2, -0.15) is 0 Å². The lowest BCUT2D eigenvalue weighted by Crippen LogP contribution is -2.23. The van der Waals surface area contributed by atoms with Gasteiger partial charge in [0.2, 0.25) is 0 Å². The summed E-state index contributed by atoms with van der Waals surface area (Å²) < 4.78 is 13.1. The molecule has 112 valence electrons. The summed E-state index contributed by atoms with van der Waals surface area (Å²) in [6, 6.07) is 15.1. The molecule has 21 heavy (non-hydrogen) atoms. The van der Waals surface area contributed by atoms with E-state index in [0.717, 1.165) is 25.1 Å². The standard InChI is InChI=1S/C18H23FN2/c1-14-6-8-16(9-7-14)18(20)10-11-21(2)13-15-4-3-5-17(19)12-15/h3-9,12,18H,10-11,13,20H2,1-2H3. The zero-order valence-corrected chi connectivity index (χ0v) is 12.7. The maximum atomic E-state index is 13.1. The minimum absolute atomic E-state index is 0.0422. The second-order valence-electron chi connectivity index (χ2n) is 5.67. The predicted octanol–water partition coefficient (Wildman–Crippen LogP) is 3.66. The first kappa shape index (κ1) is 15.7. The highest BCUT2D eigenvalue weighted by Crippen LogP contribution is 2.15. The molecule has 2 aromatic rings. The molecule has 0 saturated carbocycles. The topological polar surface area (TPSA) is 29.3 Å². The maximum absolute atomic E-state index is 13.1. The van der Waals surface area contributed by atoms with Gasteiger partial charge in [0.25, 0.3) is 0 Å². The Kier molecular flexibility index (Phi) is 5.48. The third-order valence-corrected chi connectivity index (χ3v) is 3.67. The molecule has 1 unspecified atom stereocenters. The largest absolute Gasteiger partial charge is 0.324 e. The van der Waals surface area contributed by atoms with Gasteiger partial charge in [-0.1, -0.05) is 42.0 Å². The molecule has 0 radical (unpaired) electrons. The van der Waals surface area contributed by atoms with Crippen molar-refractivity contribution in [3.63, 3.8) is 0 Å². The van der Waals surface area contributed by atoms with E-state index in [9.17, 15) is 4.39 Å². The molecule has 2 nitrogen and oxygen atoms in total. The number of nitrogens with zero attached hydrogens (tertiary/aromatic N) is 1. The Morgan fingerprint density at radius 2 is 1.86 bits per heavy atom. The Morgan fingerprint density at radius 3 is 2.52 bits per heavy atom. The lowest BCUT2D eigenvalue weighted by Gasteiger charge is -2.20. The number of nitrogens with two attached hydrogens (primary N) is 1. The van der Waals surface area contributed by atoms with Crippen molar-refractivity contribution in [2.75, 3.05) is 13.6 Å². The fourth-order valence-corrected chi connectivity index (χ4v) is 2.37. The number of benzene rings is 2. The van der Waals surface area contributed by atoms with Crippen molar-refractivity contribution >= 4 is 0 Å². The lowest BCUT2D eigenvalue weighted by molar-refractivity contribution is 0.311. The summed E-state index contributed by atoms with van der Waals surface area (Å²) in [6.07, 6.45) is 0.884. The summed E-state index contributed by atoms with van der Waals surface area (Å²) in [4.78, 5) is 2.17. The molecule has 1 atom stereocenters. The molecule has 0 aliphatic rings. The van der Waals surface area contributed by atoms with E-state index in [0.29, 0.717) is 0 Å². The molecule has 2 aromatic carbocycles. The second kappa shape index (κ2) is 7.34. The van der Waals surface area contributed by atoms with Crippen LogP contribution in [-0.2, 0) is 6.54 Å². The number of hydrogen-bond donors (Lipinski definition) is 1. The Hall–Kier alpha value is -1.71. The molecule has 2 N–H and O–H groups in total. The molecule has 0 bridgehead atoms. The van der Waals surface area contributed by atoms with E-state index in [1.165, 1.54) is 17.2 Å². The fourth-order valence-electron chi connectivity index (χ4n) is 2.37. The first-order valence-electron chi connectivity index (χ1n) is 7.30. The molecule has 0 amide bonds. The highest BCUT2D eigenvalue weighted by molar-refractivity contribution is 5.23. The van der Waals surface area contributed by atoms with E-state index in [1.807, 2.05) is 13.1 Å². The zero-order chi connectivity index (χ0) is 15.2. The Morgan fingerprint density at radius 1 is 1.14 bits per heavy atom. The van der Waals surface area contributed by atoms with Gasteiger partial charge in [0.05, 0.1) is 0 Å². The Balaban J connectivity index is 1.83. The molecule has 0 aliphatic heterocycles. The van der Waals surface area contributed by atoms with Crippen molar-refractivity contribution < 1.29 is 4.39 Å². The Labute approximate surface area is 126 Å². The average Bonchev–Trinajstić information content (AvgIpc) is 2.45. The molecule has 3 heteroatoms. The fraction of sp³-hybridized carbons (Fsp3) is 0.333. The highest BCUT2D eigenvalue weighted by Gasteiger charge is 2.08. The van der Waals surface area contributed by atoms with Crippen LogP contribution in [0.5, 0.6) is 0 Å². The molecule has 2 rings (SSSR count). The molecule has 0 saturated heterocycles. The summed E-state index contributed by atoms with van der Waals surface area (Å²) >= 11 is 0. The van der Waals surface area contributed by atoms with Crippen molar-refractivity contribution in [3.8, 4) is 0 Å². The van der Waals surface area contributed by atoms with Crippen LogP contribution >= 0.6 is 0 Å². The zero-order valence-electron chi connectivity index (χ0n) is 12.7. The van der Waals surface area contributed by atoms with Crippen LogP contribution in [0.25, 0.3) is 0 Å². The third kappa shape index (κ3) is 4.96. The van der Waals surface area contributed by atoms with Crippen molar-refractivity contribution in [1.82, 2.24) is 4.90 Å². The summed E-state index contributed by atoms with van der Waals surface area (Å²) in [5.74, 6) is -0.183. The van der Waals surface area contributed by atoms with Crippen LogP contribution < -0.4 is 5.73 Å². The number of hydrogen-bond acceptors (Lipinski definition) is 2. The molecule has 0 heterocycles. The summed E-state index contributed by atoms with van der Waals surface area (Å²) in [5, 5.41) is 0. The smallest absolute Gasteiger partial charge is 0.123 e. The molecule has 0 fully saturated rings. The van der Waals surface area contributed by atoms with Gasteiger partial charge < -0.3 is 10.6 Å². The molecule has 0 aromatic heterocycles. The molecular formula is C18H23FN2. The van der Waals surface area contributed by atoms with E-state index < -0.39 is 0 Å². The van der Waals surface area contributed by atoms with Crippen LogP contribution in [0.4, 0.5) is 4.39 Å². The summed E-state index contributed by atoms with van der Waals surface area (Å²) in [6.45, 7) is 3.69. The van der Waals surface area contributed by atoms with Crippen molar-refractivity contribution in [1.29, 1.82) is 0 Å². The number of halogens is 1. The van der Waals surface area contributed by atoms with Crippen molar-refractivity contribution in [2.45, 2.75) is 25.9 Å². The van der Waals surface area contributed by atoms with Crippen LogP contribution in [0.15, 0.2) is 48.5 Å². The monoisotopic (exact) mass is 286 g/mol. The molecule has 0 aliphatic carbocycles. The van der Waals surface area contributed by atoms with Gasteiger partial charge in [-0.15, -0.1) is 0 Å². The van der Waals surface area contributed by atoms with Gasteiger partial charge >= 0.3 is 0 Å². The predicted molar refractivity (Wildman–Crippen MR) is 85.5 cm³/mol. The van der Waals surface area contributed by atoms with Crippen LogP contribution in [-0.4, -0.2) is 18.5 Å². The maximum Gasteiger partial charge on any atom is 0.123 e. The van der Waals surface area contributed by atoms with E-state index >= 15 is 0 Å². The SMILES string of the molecule is Cc1ccc(C(N)CCN(C)Cc2cccc(F)c2)cc1. The number of rotatable bonds is 6. The molecule has 0 spiro atoms. The third-order valence-electron chi connectivity index (χ3n) is 3.67.